The molecule has 0 aliphatic rings. The zero-order valence-corrected chi connectivity index (χ0v) is 30.8. The molecule has 2 aromatic rings. The highest BCUT2D eigenvalue weighted by Gasteiger charge is 2.28. The second kappa shape index (κ2) is 21.9. The van der Waals surface area contributed by atoms with Gasteiger partial charge in [-0.05, 0) is 35.6 Å². The summed E-state index contributed by atoms with van der Waals surface area (Å²) < 4.78 is 0. The second-order valence-electron chi connectivity index (χ2n) is 11.6. The monoisotopic (exact) mass is 808 g/mol. The number of hydrazine groups is 1. The molecule has 0 aliphatic heterocycles. The van der Waals surface area contributed by atoms with Crippen molar-refractivity contribution in [2.24, 2.45) is 5.92 Å². The Morgan fingerprint density at radius 3 is 1.31 bits per heavy atom. The molecule has 58 heavy (non-hydrogen) atoms. The molecule has 26 heteroatoms. The van der Waals surface area contributed by atoms with Crippen LogP contribution in [0, 0.1) is 17.4 Å². The average molecular weight is 809 g/mol. The first kappa shape index (κ1) is 45.5. The van der Waals surface area contributed by atoms with E-state index in [4.69, 9.17) is 5.26 Å². The van der Waals surface area contributed by atoms with Crippen LogP contribution in [0.4, 0.5) is 47.9 Å². The first-order chi connectivity index (χ1) is 27.3. The second-order valence-corrected chi connectivity index (χ2v) is 11.6. The van der Waals surface area contributed by atoms with Crippen molar-refractivity contribution in [2.45, 2.75) is 26.3 Å². The maximum absolute atomic E-state index is 12.7. The minimum absolute atomic E-state index is 0.0619. The summed E-state index contributed by atoms with van der Waals surface area (Å²) in [5, 5.41) is 28.2. The smallest absolute Gasteiger partial charge is 0.326 e. The van der Waals surface area contributed by atoms with E-state index in [1.807, 2.05) is 5.32 Å². The van der Waals surface area contributed by atoms with Crippen molar-refractivity contribution in [1.29, 1.82) is 5.26 Å². The van der Waals surface area contributed by atoms with Gasteiger partial charge in [0.25, 0.3) is 11.8 Å². The van der Waals surface area contributed by atoms with Crippen LogP contribution in [0.5, 0.6) is 0 Å². The van der Waals surface area contributed by atoms with E-state index >= 15 is 0 Å². The molecule has 0 heterocycles. The third kappa shape index (κ3) is 16.2. The number of rotatable bonds is 7. The van der Waals surface area contributed by atoms with Gasteiger partial charge in [0.15, 0.2) is 6.19 Å². The summed E-state index contributed by atoms with van der Waals surface area (Å²) in [7, 11) is 2.55. The molecule has 0 bridgehead atoms. The number of likely N-dealkylation sites (N-methyl/N-ethyl adjacent to an activating group) is 1. The Hall–Kier alpha value is -8.63. The first-order valence-electron chi connectivity index (χ1n) is 16.2. The number of nitrogens with zero attached hydrogens (tertiary/aromatic N) is 3. The molecule has 0 aliphatic carbocycles. The molecular formula is C32H36N14O12. The Morgan fingerprint density at radius 1 is 0.534 bits per heavy atom. The number of urea groups is 10. The van der Waals surface area contributed by atoms with Crippen LogP contribution in [-0.2, 0) is 4.79 Å². The lowest BCUT2D eigenvalue weighted by Gasteiger charge is -2.28. The summed E-state index contributed by atoms with van der Waals surface area (Å²) in [6, 6.07) is -1.37. The van der Waals surface area contributed by atoms with Crippen LogP contribution in [0.25, 0.3) is 11.1 Å². The third-order valence-corrected chi connectivity index (χ3v) is 6.73. The molecule has 1 unspecified atom stereocenters. The number of imide groups is 10. The Bertz CT molecular complexity index is 2020. The van der Waals surface area contributed by atoms with E-state index in [0.29, 0.717) is 5.56 Å². The normalized spacial score (nSPS) is 10.3. The van der Waals surface area contributed by atoms with Gasteiger partial charge in [0.1, 0.15) is 6.04 Å². The Labute approximate surface area is 327 Å². The summed E-state index contributed by atoms with van der Waals surface area (Å²) >= 11 is 0. The standard InChI is InChI=1S/C32H36N14O12/c1-16(2)13-20(22(48)46(4)45(3)15-33)34-23(49)36-25(51)38-27(53)40-29(55)42-31(57)44-32(58)43-30(56)41-28(54)39-26(52)37-24(50)35-21(47)19-12-8-11-18(14-19)17-9-6-5-7-10-17/h5-12,14,16,20H,13H2,1-4H3,(H11,34,35,36,37,38,39,40,41,42,43,44,47,49,50,51,52,53,54,55,56,57,58). The van der Waals surface area contributed by atoms with Crippen LogP contribution in [0.15, 0.2) is 54.6 Å². The van der Waals surface area contributed by atoms with E-state index < -0.39 is 78.2 Å². The summed E-state index contributed by atoms with van der Waals surface area (Å²) in [6.07, 6.45) is 1.79. The van der Waals surface area contributed by atoms with Gasteiger partial charge in [-0.25, -0.2) is 58.0 Å². The summed E-state index contributed by atoms with van der Waals surface area (Å²) in [5.74, 6) is -1.73. The third-order valence-electron chi connectivity index (χ3n) is 6.73. The van der Waals surface area contributed by atoms with Crippen LogP contribution < -0.4 is 58.5 Å². The van der Waals surface area contributed by atoms with Crippen LogP contribution in [0.3, 0.4) is 0 Å². The van der Waals surface area contributed by atoms with Gasteiger partial charge >= 0.3 is 60.3 Å². The largest absolute Gasteiger partial charge is 0.330 e. The van der Waals surface area contributed by atoms with Gasteiger partial charge in [-0.15, -0.1) is 0 Å². The molecule has 0 saturated heterocycles. The maximum atomic E-state index is 12.7. The predicted octanol–water partition coefficient (Wildman–Crippen LogP) is 0.380. The van der Waals surface area contributed by atoms with Gasteiger partial charge in [-0.1, -0.05) is 56.3 Å². The zero-order chi connectivity index (χ0) is 43.5. The lowest BCUT2D eigenvalue weighted by Crippen LogP contribution is -2.57. The van der Waals surface area contributed by atoms with Crippen LogP contribution in [0.2, 0.25) is 0 Å². The number of nitrogens with one attached hydrogen (secondary N) is 11. The van der Waals surface area contributed by atoms with Crippen molar-refractivity contribution in [2.75, 3.05) is 14.1 Å². The topological polar surface area (TPSA) is 367 Å². The minimum Gasteiger partial charge on any atom is -0.326 e. The lowest BCUT2D eigenvalue weighted by atomic mass is 10.0. The molecule has 2 aromatic carbocycles. The van der Waals surface area contributed by atoms with E-state index in [2.05, 4.69) is 5.32 Å². The Balaban J connectivity index is 1.72. The van der Waals surface area contributed by atoms with Gasteiger partial charge in [0.2, 0.25) is 0 Å². The average Bonchev–Trinajstić information content (AvgIpc) is 3.12. The lowest BCUT2D eigenvalue weighted by molar-refractivity contribution is -0.142. The van der Waals surface area contributed by atoms with E-state index in [1.54, 1.807) is 73.1 Å². The van der Waals surface area contributed by atoms with E-state index in [0.717, 1.165) is 15.6 Å². The zero-order valence-electron chi connectivity index (χ0n) is 30.8. The molecule has 0 aromatic heterocycles. The number of hydrogen-bond acceptors (Lipinski definition) is 14. The fraction of sp³-hybridized carbons (Fsp3) is 0.219. The van der Waals surface area contributed by atoms with Crippen molar-refractivity contribution >= 4 is 72.1 Å². The molecule has 0 spiro atoms. The van der Waals surface area contributed by atoms with Crippen molar-refractivity contribution in [1.82, 2.24) is 68.5 Å². The highest BCUT2D eigenvalue weighted by molar-refractivity contribution is 6.13. The van der Waals surface area contributed by atoms with Crippen molar-refractivity contribution in [3.63, 3.8) is 0 Å². The van der Waals surface area contributed by atoms with Crippen LogP contribution >= 0.6 is 0 Å². The van der Waals surface area contributed by atoms with Crippen molar-refractivity contribution in [3.8, 4) is 17.3 Å². The Morgan fingerprint density at radius 2 is 0.914 bits per heavy atom. The molecule has 0 saturated carbocycles. The molecule has 306 valence electrons. The highest BCUT2D eigenvalue weighted by Crippen LogP contribution is 2.20. The summed E-state index contributed by atoms with van der Waals surface area (Å²) in [5.41, 5.74) is 1.51. The molecule has 1 atom stereocenters. The predicted molar refractivity (Wildman–Crippen MR) is 194 cm³/mol. The number of carbonyl (C=O) groups is 12. The van der Waals surface area contributed by atoms with Crippen molar-refractivity contribution in [3.05, 3.63) is 60.2 Å². The SMILES string of the molecule is CC(C)CC(NC(=O)NC(=O)NC(=O)NC(=O)NC(=O)NC(=O)NC(=O)NC(=O)NC(=O)NC(=O)NC(=O)c1cccc(-c2ccccc2)c1)C(=O)N(C)N(C)C#N. The van der Waals surface area contributed by atoms with Gasteiger partial charge in [-0.2, -0.15) is 5.26 Å². The molecule has 0 radical (unpaired) electrons. The Kier molecular flexibility index (Phi) is 17.2. The van der Waals surface area contributed by atoms with Crippen LogP contribution in [0.1, 0.15) is 30.6 Å². The first-order valence-corrected chi connectivity index (χ1v) is 16.2. The molecule has 0 fully saturated rings. The van der Waals surface area contributed by atoms with Crippen LogP contribution in [-0.4, -0.2) is 102 Å². The fourth-order valence-corrected chi connectivity index (χ4v) is 4.18. The fourth-order valence-electron chi connectivity index (χ4n) is 4.18. The molecule has 11 N–H and O–H groups in total. The van der Waals surface area contributed by atoms with Gasteiger partial charge < -0.3 is 5.32 Å². The number of benzene rings is 2. The van der Waals surface area contributed by atoms with Gasteiger partial charge in [0.05, 0.1) is 0 Å². The van der Waals surface area contributed by atoms with E-state index in [9.17, 15) is 57.5 Å². The van der Waals surface area contributed by atoms with E-state index in [1.165, 1.54) is 63.4 Å². The van der Waals surface area contributed by atoms with Gasteiger partial charge in [0, 0.05) is 19.7 Å². The number of hydrogen-bond donors (Lipinski definition) is 11. The summed E-state index contributed by atoms with van der Waals surface area (Å²) in [4.78, 5) is 145. The number of amides is 22. The maximum Gasteiger partial charge on any atom is 0.330 e. The molecular weight excluding hydrogens is 772 g/mol. The van der Waals surface area contributed by atoms with Crippen molar-refractivity contribution < 1.29 is 57.5 Å². The highest BCUT2D eigenvalue weighted by atomic mass is 16.2. The van der Waals surface area contributed by atoms with E-state index in [-0.39, 0.29) is 17.9 Å². The number of nitriles is 1. The molecule has 2 rings (SSSR count). The summed E-state index contributed by atoms with van der Waals surface area (Å²) in [6.45, 7) is 3.47. The quantitative estimate of drug-likeness (QED) is 0.102. The molecule has 22 amide bonds. The molecule has 26 nitrogen and oxygen atoms in total. The van der Waals surface area contributed by atoms with Gasteiger partial charge in [-0.3, -0.25) is 62.8 Å². The number of carbonyl (C=O) groups excluding carboxylic acids is 12. The minimum atomic E-state index is -1.65.